The molecule has 0 spiro atoms. The number of halogens is 2. The molecule has 5 nitrogen and oxygen atoms in total. The molecular formula is C17H22BrFN2O3. The van der Waals surface area contributed by atoms with Crippen molar-refractivity contribution in [1.29, 1.82) is 0 Å². The van der Waals surface area contributed by atoms with Crippen LogP contribution in [0.4, 0.5) is 14.9 Å². The predicted molar refractivity (Wildman–Crippen MR) is 93.3 cm³/mol. The Morgan fingerprint density at radius 2 is 1.75 bits per heavy atom. The fourth-order valence-corrected chi connectivity index (χ4v) is 3.02. The van der Waals surface area contributed by atoms with Crippen LogP contribution in [0.2, 0.25) is 0 Å². The second-order valence-electron chi connectivity index (χ2n) is 6.84. The Kier molecular flexibility index (Phi) is 5.85. The first-order valence-electron chi connectivity index (χ1n) is 7.90. The highest BCUT2D eigenvalue weighted by Crippen LogP contribution is 2.26. The third-order valence-corrected chi connectivity index (χ3v) is 4.50. The lowest BCUT2D eigenvalue weighted by Crippen LogP contribution is -2.44. The van der Waals surface area contributed by atoms with Gasteiger partial charge in [0.2, 0.25) is 5.91 Å². The summed E-state index contributed by atoms with van der Waals surface area (Å²) in [7, 11) is 0. The van der Waals surface area contributed by atoms with Gasteiger partial charge in [-0.05, 0) is 57.9 Å². The van der Waals surface area contributed by atoms with E-state index in [1.165, 1.54) is 28.2 Å². The van der Waals surface area contributed by atoms with Crippen molar-refractivity contribution in [3.05, 3.63) is 30.1 Å². The van der Waals surface area contributed by atoms with Gasteiger partial charge in [0.1, 0.15) is 11.4 Å². The van der Waals surface area contributed by atoms with Crippen LogP contribution in [0.25, 0.3) is 0 Å². The number of hydrogen-bond acceptors (Lipinski definition) is 3. The molecule has 24 heavy (non-hydrogen) atoms. The van der Waals surface area contributed by atoms with Gasteiger partial charge >= 0.3 is 6.09 Å². The molecule has 0 saturated carbocycles. The summed E-state index contributed by atoms with van der Waals surface area (Å²) >= 11 is 3.25. The Labute approximate surface area is 150 Å². The molecule has 0 aromatic heterocycles. The number of piperidine rings is 1. The molecular weight excluding hydrogens is 379 g/mol. The molecule has 1 aromatic carbocycles. The second kappa shape index (κ2) is 7.51. The van der Waals surface area contributed by atoms with Gasteiger partial charge in [-0.1, -0.05) is 0 Å². The number of ether oxygens (including phenoxy) is 1. The van der Waals surface area contributed by atoms with Crippen LogP contribution in [0, 0.1) is 11.7 Å². The number of nitrogens with zero attached hydrogens (tertiary/aromatic N) is 2. The smallest absolute Gasteiger partial charge is 0.410 e. The number of benzene rings is 1. The summed E-state index contributed by atoms with van der Waals surface area (Å²) in [4.78, 5) is 26.2. The number of anilines is 1. The maximum atomic E-state index is 13.0. The molecule has 1 heterocycles. The van der Waals surface area contributed by atoms with Crippen molar-refractivity contribution in [2.75, 3.05) is 17.0 Å². The van der Waals surface area contributed by atoms with Gasteiger partial charge in [0.25, 0.3) is 0 Å². The standard InChI is InChI=1S/C17H22BrFN2O3/c1-17(2,3)24-16(23)20-10-8-12(9-11-20)15(22)21(18)14-6-4-13(19)5-7-14/h4-7,12H,8-11H2,1-3H3. The molecule has 1 aromatic rings. The summed E-state index contributed by atoms with van der Waals surface area (Å²) in [5.41, 5.74) is 0.0508. The quantitative estimate of drug-likeness (QED) is 0.701. The number of rotatable bonds is 2. The molecule has 0 radical (unpaired) electrons. The zero-order chi connectivity index (χ0) is 17.9. The average Bonchev–Trinajstić information content (AvgIpc) is 2.53. The van der Waals surface area contributed by atoms with Gasteiger partial charge in [0, 0.05) is 19.0 Å². The van der Waals surface area contributed by atoms with Crippen LogP contribution < -0.4 is 3.93 Å². The highest BCUT2D eigenvalue weighted by molar-refractivity contribution is 9.10. The number of hydrogen-bond donors (Lipinski definition) is 0. The molecule has 0 N–H and O–H groups in total. The normalized spacial score (nSPS) is 16.0. The van der Waals surface area contributed by atoms with Crippen molar-refractivity contribution in [1.82, 2.24) is 4.90 Å². The third kappa shape index (κ3) is 4.93. The van der Waals surface area contributed by atoms with E-state index < -0.39 is 5.60 Å². The molecule has 1 saturated heterocycles. The molecule has 1 aliphatic rings. The average molecular weight is 401 g/mol. The first-order chi connectivity index (χ1) is 11.2. The third-order valence-electron chi connectivity index (χ3n) is 3.74. The zero-order valence-electron chi connectivity index (χ0n) is 14.1. The van der Waals surface area contributed by atoms with E-state index >= 15 is 0 Å². The van der Waals surface area contributed by atoms with Crippen LogP contribution in [0.5, 0.6) is 0 Å². The maximum Gasteiger partial charge on any atom is 0.410 e. The summed E-state index contributed by atoms with van der Waals surface area (Å²) in [5.74, 6) is -0.628. The monoisotopic (exact) mass is 400 g/mol. The van der Waals surface area contributed by atoms with E-state index in [9.17, 15) is 14.0 Å². The lowest BCUT2D eigenvalue weighted by molar-refractivity contribution is -0.122. The van der Waals surface area contributed by atoms with Gasteiger partial charge in [-0.15, -0.1) is 0 Å². The number of carbonyl (C=O) groups is 2. The summed E-state index contributed by atoms with van der Waals surface area (Å²) in [6.45, 7) is 6.44. The molecule has 0 bridgehead atoms. The van der Waals surface area contributed by atoms with Crippen LogP contribution in [0.1, 0.15) is 33.6 Å². The highest BCUT2D eigenvalue weighted by atomic mass is 79.9. The van der Waals surface area contributed by atoms with Gasteiger partial charge < -0.3 is 9.64 Å². The minimum atomic E-state index is -0.529. The van der Waals surface area contributed by atoms with Crippen molar-refractivity contribution >= 4 is 33.8 Å². The van der Waals surface area contributed by atoms with Crippen LogP contribution >= 0.6 is 16.1 Å². The Morgan fingerprint density at radius 1 is 1.21 bits per heavy atom. The molecule has 2 rings (SSSR count). The van der Waals surface area contributed by atoms with Crippen molar-refractivity contribution in [2.24, 2.45) is 5.92 Å². The molecule has 0 unspecified atom stereocenters. The Bertz CT molecular complexity index is 593. The van der Waals surface area contributed by atoms with Crippen LogP contribution in [0.15, 0.2) is 24.3 Å². The van der Waals surface area contributed by atoms with E-state index in [0.717, 1.165) is 0 Å². The molecule has 2 amide bonds. The number of amides is 2. The van der Waals surface area contributed by atoms with E-state index in [4.69, 9.17) is 4.74 Å². The SMILES string of the molecule is CC(C)(C)OC(=O)N1CCC(C(=O)N(Br)c2ccc(F)cc2)CC1. The minimum absolute atomic E-state index is 0.0922. The van der Waals surface area contributed by atoms with Crippen molar-refractivity contribution in [3.63, 3.8) is 0 Å². The van der Waals surface area contributed by atoms with Crippen LogP contribution in [0.3, 0.4) is 0 Å². The highest BCUT2D eigenvalue weighted by Gasteiger charge is 2.32. The maximum absolute atomic E-state index is 13.0. The molecule has 1 aliphatic heterocycles. The molecule has 0 atom stereocenters. The van der Waals surface area contributed by atoms with E-state index in [1.807, 2.05) is 20.8 Å². The minimum Gasteiger partial charge on any atom is -0.444 e. The van der Waals surface area contributed by atoms with Gasteiger partial charge in [-0.25, -0.2) is 13.1 Å². The largest absolute Gasteiger partial charge is 0.444 e. The Hall–Kier alpha value is -1.63. The zero-order valence-corrected chi connectivity index (χ0v) is 15.7. The van der Waals surface area contributed by atoms with Gasteiger partial charge in [0.15, 0.2) is 0 Å². The molecule has 7 heteroatoms. The van der Waals surface area contributed by atoms with Crippen LogP contribution in [-0.4, -0.2) is 35.6 Å². The Balaban J connectivity index is 1.90. The van der Waals surface area contributed by atoms with Crippen LogP contribution in [-0.2, 0) is 9.53 Å². The van der Waals surface area contributed by atoms with E-state index in [2.05, 4.69) is 16.1 Å². The van der Waals surface area contributed by atoms with Gasteiger partial charge in [-0.2, -0.15) is 0 Å². The first kappa shape index (κ1) is 18.7. The van der Waals surface area contributed by atoms with E-state index in [0.29, 0.717) is 31.6 Å². The predicted octanol–water partition coefficient (Wildman–Crippen LogP) is 4.12. The number of carbonyl (C=O) groups excluding carboxylic acids is 2. The summed E-state index contributed by atoms with van der Waals surface area (Å²) in [6, 6.07) is 5.69. The lowest BCUT2D eigenvalue weighted by Gasteiger charge is -2.33. The number of likely N-dealkylation sites (tertiary alicyclic amines) is 1. The molecule has 0 aliphatic carbocycles. The lowest BCUT2D eigenvalue weighted by atomic mass is 9.96. The molecule has 132 valence electrons. The van der Waals surface area contributed by atoms with Crippen molar-refractivity contribution in [2.45, 2.75) is 39.2 Å². The second-order valence-corrected chi connectivity index (χ2v) is 7.55. The summed E-state index contributed by atoms with van der Waals surface area (Å²) in [6.07, 6.45) is 0.797. The fourth-order valence-electron chi connectivity index (χ4n) is 2.49. The van der Waals surface area contributed by atoms with Crippen molar-refractivity contribution < 1.29 is 18.7 Å². The van der Waals surface area contributed by atoms with E-state index in [-0.39, 0.29) is 23.7 Å². The summed E-state index contributed by atoms with van der Waals surface area (Å²) < 4.78 is 19.7. The van der Waals surface area contributed by atoms with Gasteiger partial charge in [-0.3, -0.25) is 4.79 Å². The topological polar surface area (TPSA) is 49.9 Å². The summed E-state index contributed by atoms with van der Waals surface area (Å²) in [5, 5.41) is 0. The molecule has 1 fully saturated rings. The van der Waals surface area contributed by atoms with E-state index in [1.54, 1.807) is 4.90 Å². The Morgan fingerprint density at radius 3 is 2.25 bits per heavy atom. The first-order valence-corrected chi connectivity index (χ1v) is 8.61. The fraction of sp³-hybridized carbons (Fsp3) is 0.529. The van der Waals surface area contributed by atoms with Crippen molar-refractivity contribution in [3.8, 4) is 0 Å². The van der Waals surface area contributed by atoms with Gasteiger partial charge in [0.05, 0.1) is 21.8 Å².